The lowest BCUT2D eigenvalue weighted by atomic mass is 10.1. The van der Waals surface area contributed by atoms with E-state index >= 15 is 0 Å². The Kier molecular flexibility index (Phi) is 4.10. The van der Waals surface area contributed by atoms with E-state index in [1.54, 1.807) is 43.5 Å². The Morgan fingerprint density at radius 2 is 1.75 bits per heavy atom. The minimum absolute atomic E-state index is 0.0113. The molecule has 0 aliphatic heterocycles. The van der Waals surface area contributed by atoms with Crippen molar-refractivity contribution in [3.05, 3.63) is 53.6 Å². The van der Waals surface area contributed by atoms with Gasteiger partial charge in [-0.05, 0) is 43.3 Å². The lowest BCUT2D eigenvalue weighted by molar-refractivity contribution is 0.318. The predicted molar refractivity (Wildman–Crippen MR) is 76.8 cm³/mol. The molecule has 0 spiro atoms. The molecule has 2 aromatic rings. The molecule has 5 heteroatoms. The summed E-state index contributed by atoms with van der Waals surface area (Å²) in [6.45, 7) is 1.92. The second-order valence-electron chi connectivity index (χ2n) is 4.26. The summed E-state index contributed by atoms with van der Waals surface area (Å²) in [6, 6.07) is 12.6. The average Bonchev–Trinajstić information content (AvgIpc) is 2.49. The Morgan fingerprint density at radius 3 is 2.35 bits per heavy atom. The zero-order chi connectivity index (χ0) is 14.5. The molecule has 0 aliphatic rings. The van der Waals surface area contributed by atoms with E-state index in [4.69, 9.17) is 20.4 Å². The van der Waals surface area contributed by atoms with Crippen LogP contribution < -0.4 is 15.2 Å². The molecule has 0 aliphatic carbocycles. The third-order valence-corrected chi connectivity index (χ3v) is 2.81. The molecule has 3 N–H and O–H groups in total. The van der Waals surface area contributed by atoms with E-state index in [1.165, 1.54) is 0 Å². The monoisotopic (exact) mass is 272 g/mol. The molecule has 2 rings (SSSR count). The van der Waals surface area contributed by atoms with Crippen LogP contribution in [0.5, 0.6) is 17.2 Å². The second-order valence-corrected chi connectivity index (χ2v) is 4.26. The summed E-state index contributed by atoms with van der Waals surface area (Å²) in [6.07, 6.45) is 0. The molecular formula is C15H16N2O3. The fourth-order valence-corrected chi connectivity index (χ4v) is 1.76. The number of ether oxygens (including phenoxy) is 2. The van der Waals surface area contributed by atoms with Gasteiger partial charge < -0.3 is 20.4 Å². The van der Waals surface area contributed by atoms with Gasteiger partial charge in [0.05, 0.1) is 12.7 Å². The van der Waals surface area contributed by atoms with Crippen molar-refractivity contribution < 1.29 is 14.7 Å². The third-order valence-electron chi connectivity index (χ3n) is 2.81. The number of nitrogens with two attached hydrogens (primary N) is 1. The van der Waals surface area contributed by atoms with Gasteiger partial charge in [0.15, 0.2) is 5.84 Å². The summed E-state index contributed by atoms with van der Waals surface area (Å²) in [7, 11) is 1.60. The van der Waals surface area contributed by atoms with Crippen LogP contribution in [-0.2, 0) is 0 Å². The van der Waals surface area contributed by atoms with Gasteiger partial charge in [-0.2, -0.15) is 0 Å². The fraction of sp³-hybridized carbons (Fsp3) is 0.133. The molecule has 0 saturated heterocycles. The van der Waals surface area contributed by atoms with Gasteiger partial charge in [0.2, 0.25) is 0 Å². The lowest BCUT2D eigenvalue weighted by Crippen LogP contribution is -2.14. The number of oxime groups is 1. The van der Waals surface area contributed by atoms with Crippen LogP contribution >= 0.6 is 0 Å². The third kappa shape index (κ3) is 3.00. The van der Waals surface area contributed by atoms with Crippen LogP contribution in [0, 0.1) is 6.92 Å². The largest absolute Gasteiger partial charge is 0.497 e. The highest BCUT2D eigenvalue weighted by Crippen LogP contribution is 2.27. The molecular weight excluding hydrogens is 256 g/mol. The van der Waals surface area contributed by atoms with Crippen LogP contribution in [0.1, 0.15) is 11.1 Å². The van der Waals surface area contributed by atoms with Crippen LogP contribution in [0.3, 0.4) is 0 Å². The number of aryl methyl sites for hydroxylation is 1. The SMILES string of the molecule is COc1ccc(Oc2ccc(C)cc2/C(N)=N/O)cc1. The molecule has 2 aromatic carbocycles. The summed E-state index contributed by atoms with van der Waals surface area (Å²) in [5.74, 6) is 1.92. The van der Waals surface area contributed by atoms with Gasteiger partial charge in [0, 0.05) is 0 Å². The number of amidine groups is 1. The molecule has 0 radical (unpaired) electrons. The molecule has 0 fully saturated rings. The molecule has 0 saturated carbocycles. The first-order chi connectivity index (χ1) is 9.63. The second kappa shape index (κ2) is 5.97. The van der Waals surface area contributed by atoms with Crippen LogP contribution in [-0.4, -0.2) is 18.2 Å². The molecule has 0 heterocycles. The van der Waals surface area contributed by atoms with Crippen molar-refractivity contribution in [1.82, 2.24) is 0 Å². The zero-order valence-electron chi connectivity index (χ0n) is 11.3. The van der Waals surface area contributed by atoms with Crippen LogP contribution in [0.25, 0.3) is 0 Å². The first-order valence-electron chi connectivity index (χ1n) is 6.04. The van der Waals surface area contributed by atoms with E-state index in [0.717, 1.165) is 11.3 Å². The Balaban J connectivity index is 2.32. The van der Waals surface area contributed by atoms with E-state index < -0.39 is 0 Å². The van der Waals surface area contributed by atoms with Crippen LogP contribution in [0.15, 0.2) is 47.6 Å². The standard InChI is InChI=1S/C15H16N2O3/c1-10-3-8-14(13(9-10)15(16)17-18)20-12-6-4-11(19-2)5-7-12/h3-9,18H,1-2H3,(H2,16,17). The Morgan fingerprint density at radius 1 is 1.10 bits per heavy atom. The topological polar surface area (TPSA) is 77.1 Å². The quantitative estimate of drug-likeness (QED) is 0.388. The zero-order valence-corrected chi connectivity index (χ0v) is 11.3. The summed E-state index contributed by atoms with van der Waals surface area (Å²) in [4.78, 5) is 0. The predicted octanol–water partition coefficient (Wildman–Crippen LogP) is 2.89. The van der Waals surface area contributed by atoms with Crippen molar-refractivity contribution in [3.8, 4) is 17.2 Å². The first kappa shape index (κ1) is 13.7. The molecule has 0 bridgehead atoms. The summed E-state index contributed by atoms with van der Waals surface area (Å²) in [5, 5.41) is 11.9. The maximum Gasteiger partial charge on any atom is 0.173 e. The van der Waals surface area contributed by atoms with Gasteiger partial charge in [-0.25, -0.2) is 0 Å². The van der Waals surface area contributed by atoms with Gasteiger partial charge in [-0.15, -0.1) is 0 Å². The van der Waals surface area contributed by atoms with E-state index in [2.05, 4.69) is 5.16 Å². The fourth-order valence-electron chi connectivity index (χ4n) is 1.76. The molecule has 0 unspecified atom stereocenters. The molecule has 0 amide bonds. The van der Waals surface area contributed by atoms with Crippen LogP contribution in [0.4, 0.5) is 0 Å². The highest BCUT2D eigenvalue weighted by Gasteiger charge is 2.10. The van der Waals surface area contributed by atoms with Gasteiger partial charge >= 0.3 is 0 Å². The van der Waals surface area contributed by atoms with Crippen LogP contribution in [0.2, 0.25) is 0 Å². The van der Waals surface area contributed by atoms with E-state index in [-0.39, 0.29) is 5.84 Å². The van der Waals surface area contributed by atoms with E-state index in [0.29, 0.717) is 17.1 Å². The summed E-state index contributed by atoms with van der Waals surface area (Å²) >= 11 is 0. The normalized spacial score (nSPS) is 11.2. The minimum atomic E-state index is 0.0113. The number of benzene rings is 2. The van der Waals surface area contributed by atoms with Crippen molar-refractivity contribution >= 4 is 5.84 Å². The average molecular weight is 272 g/mol. The minimum Gasteiger partial charge on any atom is -0.497 e. The first-order valence-corrected chi connectivity index (χ1v) is 6.04. The van der Waals surface area contributed by atoms with Gasteiger partial charge in [0.1, 0.15) is 17.2 Å². The Labute approximate surface area is 117 Å². The lowest BCUT2D eigenvalue weighted by Gasteiger charge is -2.11. The number of nitrogens with zero attached hydrogens (tertiary/aromatic N) is 1. The maximum absolute atomic E-state index is 8.83. The number of hydrogen-bond acceptors (Lipinski definition) is 4. The van der Waals surface area contributed by atoms with Crippen molar-refractivity contribution in [2.45, 2.75) is 6.92 Å². The molecule has 0 atom stereocenters. The van der Waals surface area contributed by atoms with Crippen molar-refractivity contribution in [3.63, 3.8) is 0 Å². The number of hydrogen-bond donors (Lipinski definition) is 2. The van der Waals surface area contributed by atoms with Crippen molar-refractivity contribution in [1.29, 1.82) is 0 Å². The smallest absolute Gasteiger partial charge is 0.173 e. The molecule has 20 heavy (non-hydrogen) atoms. The molecule has 5 nitrogen and oxygen atoms in total. The van der Waals surface area contributed by atoms with Crippen molar-refractivity contribution in [2.75, 3.05) is 7.11 Å². The van der Waals surface area contributed by atoms with Gasteiger partial charge in [-0.1, -0.05) is 16.8 Å². The molecule has 0 aromatic heterocycles. The van der Waals surface area contributed by atoms with E-state index in [9.17, 15) is 0 Å². The number of rotatable bonds is 4. The van der Waals surface area contributed by atoms with Gasteiger partial charge in [0.25, 0.3) is 0 Å². The summed E-state index contributed by atoms with van der Waals surface area (Å²) < 4.78 is 10.8. The highest BCUT2D eigenvalue weighted by molar-refractivity contribution is 5.99. The molecule has 104 valence electrons. The Hall–Kier alpha value is -2.69. The Bertz CT molecular complexity index is 622. The van der Waals surface area contributed by atoms with E-state index in [1.807, 2.05) is 13.0 Å². The van der Waals surface area contributed by atoms with Crippen molar-refractivity contribution in [2.24, 2.45) is 10.9 Å². The highest BCUT2D eigenvalue weighted by atomic mass is 16.5. The number of methoxy groups -OCH3 is 1. The van der Waals surface area contributed by atoms with Gasteiger partial charge in [-0.3, -0.25) is 0 Å². The summed E-state index contributed by atoms with van der Waals surface area (Å²) in [5.41, 5.74) is 7.20. The maximum atomic E-state index is 8.83.